The van der Waals surface area contributed by atoms with Crippen molar-refractivity contribution in [2.24, 2.45) is 5.10 Å². The molecule has 2 amide bonds. The van der Waals surface area contributed by atoms with Crippen LogP contribution in [-0.4, -0.2) is 39.0 Å². The normalized spacial score (nSPS) is 16.3. The zero-order chi connectivity index (χ0) is 22.7. The fourth-order valence-electron chi connectivity index (χ4n) is 3.58. The van der Waals surface area contributed by atoms with Gasteiger partial charge >= 0.3 is 0 Å². The van der Waals surface area contributed by atoms with Crippen molar-refractivity contribution in [2.45, 2.75) is 30.6 Å². The number of carbonyl (C=O) groups excluding carboxylic acids is 2. The summed E-state index contributed by atoms with van der Waals surface area (Å²) in [5.41, 5.74) is 3.96. The fourth-order valence-corrected chi connectivity index (χ4v) is 4.79. The van der Waals surface area contributed by atoms with Gasteiger partial charge in [0.2, 0.25) is 5.91 Å². The molecule has 2 aromatic rings. The largest absolute Gasteiger partial charge is 0.370 e. The lowest BCUT2D eigenvalue weighted by molar-refractivity contribution is -0.121. The maximum absolute atomic E-state index is 13.0. The van der Waals surface area contributed by atoms with Crippen molar-refractivity contribution >= 4 is 56.2 Å². The minimum Gasteiger partial charge on any atom is -0.370 e. The summed E-state index contributed by atoms with van der Waals surface area (Å²) in [6, 6.07) is 11.0. The van der Waals surface area contributed by atoms with Gasteiger partial charge < -0.3 is 10.2 Å². The maximum atomic E-state index is 13.0. The summed E-state index contributed by atoms with van der Waals surface area (Å²) in [5.74, 6) is -0.730. The number of nitrogens with zero attached hydrogens (tertiary/aromatic N) is 2. The molecule has 168 valence electrons. The molecule has 2 aromatic carbocycles. The molecule has 0 bridgehead atoms. The van der Waals surface area contributed by atoms with Crippen LogP contribution in [0.5, 0.6) is 0 Å². The molecule has 0 aromatic heterocycles. The highest BCUT2D eigenvalue weighted by molar-refractivity contribution is 7.92. The first-order chi connectivity index (χ1) is 15.3. The molecule has 32 heavy (non-hydrogen) atoms. The van der Waals surface area contributed by atoms with Crippen LogP contribution in [-0.2, 0) is 19.6 Å². The summed E-state index contributed by atoms with van der Waals surface area (Å²) in [4.78, 5) is 26.1. The zero-order valence-electron chi connectivity index (χ0n) is 17.1. The third-order valence-corrected chi connectivity index (χ3v) is 6.87. The van der Waals surface area contributed by atoms with Gasteiger partial charge in [-0.3, -0.25) is 14.3 Å². The highest BCUT2D eigenvalue weighted by Crippen LogP contribution is 2.32. The molecule has 0 unspecified atom stereocenters. The molecule has 1 saturated heterocycles. The Bertz CT molecular complexity index is 1180. The standard InChI is InChI=1S/C21H22ClN5O4S/c22-14-3-5-15(6-4-14)26-32(30,31)16-7-9-19(27-11-1-2-12-27)18(13-16)23-21(29)17-8-10-20(28)25-24-17/h3-7,9,13,26H,1-2,8,10-12H2,(H,23,29)(H,25,28). The fraction of sp³-hybridized carbons (Fsp3) is 0.286. The number of amides is 2. The number of anilines is 3. The SMILES string of the molecule is O=C1CCC(C(=O)Nc2cc(S(=O)(=O)Nc3ccc(Cl)cc3)ccc2N2CCCC2)=NN1. The van der Waals surface area contributed by atoms with E-state index in [1.54, 1.807) is 30.3 Å². The zero-order valence-corrected chi connectivity index (χ0v) is 18.7. The molecule has 2 aliphatic rings. The van der Waals surface area contributed by atoms with Crippen LogP contribution in [0.2, 0.25) is 5.02 Å². The average Bonchev–Trinajstić information content (AvgIpc) is 3.30. The Balaban J connectivity index is 1.63. The van der Waals surface area contributed by atoms with Gasteiger partial charge in [0.15, 0.2) is 0 Å². The number of sulfonamides is 1. The molecular weight excluding hydrogens is 454 g/mol. The number of hydrogen-bond donors (Lipinski definition) is 3. The quantitative estimate of drug-likeness (QED) is 0.593. The molecule has 0 aliphatic carbocycles. The van der Waals surface area contributed by atoms with Crippen LogP contribution >= 0.6 is 11.6 Å². The van der Waals surface area contributed by atoms with E-state index in [2.05, 4.69) is 25.5 Å². The van der Waals surface area contributed by atoms with Gasteiger partial charge in [0.25, 0.3) is 15.9 Å². The molecule has 9 nitrogen and oxygen atoms in total. The lowest BCUT2D eigenvalue weighted by Gasteiger charge is -2.23. The third-order valence-electron chi connectivity index (χ3n) is 5.24. The lowest BCUT2D eigenvalue weighted by Crippen LogP contribution is -2.33. The number of hydrogen-bond acceptors (Lipinski definition) is 6. The second kappa shape index (κ2) is 9.17. The first kappa shape index (κ1) is 22.1. The van der Waals surface area contributed by atoms with Crippen LogP contribution in [0, 0.1) is 0 Å². The van der Waals surface area contributed by atoms with Crippen molar-refractivity contribution in [1.29, 1.82) is 0 Å². The molecule has 1 fully saturated rings. The summed E-state index contributed by atoms with van der Waals surface area (Å²) in [7, 11) is -3.91. The Kier molecular flexibility index (Phi) is 6.33. The lowest BCUT2D eigenvalue weighted by atomic mass is 10.1. The number of hydrazone groups is 1. The van der Waals surface area contributed by atoms with Crippen molar-refractivity contribution in [3.63, 3.8) is 0 Å². The molecule has 11 heteroatoms. The van der Waals surface area contributed by atoms with Gasteiger partial charge in [0.05, 0.1) is 16.3 Å². The van der Waals surface area contributed by atoms with E-state index in [-0.39, 0.29) is 29.4 Å². The Hall–Kier alpha value is -3.11. The number of rotatable bonds is 6. The third kappa shape index (κ3) is 5.03. The predicted molar refractivity (Wildman–Crippen MR) is 124 cm³/mol. The van der Waals surface area contributed by atoms with Crippen molar-refractivity contribution < 1.29 is 18.0 Å². The van der Waals surface area contributed by atoms with Gasteiger partial charge in [-0.15, -0.1) is 0 Å². The minimum absolute atomic E-state index is 0.00424. The second-order valence-corrected chi connectivity index (χ2v) is 9.65. The van der Waals surface area contributed by atoms with E-state index in [1.165, 1.54) is 12.1 Å². The smallest absolute Gasteiger partial charge is 0.271 e. The van der Waals surface area contributed by atoms with Gasteiger partial charge in [-0.25, -0.2) is 13.8 Å². The van der Waals surface area contributed by atoms with E-state index < -0.39 is 15.9 Å². The predicted octanol–water partition coefficient (Wildman–Crippen LogP) is 2.95. The van der Waals surface area contributed by atoms with Crippen molar-refractivity contribution in [2.75, 3.05) is 28.0 Å². The number of halogens is 1. The van der Waals surface area contributed by atoms with Crippen LogP contribution in [0.4, 0.5) is 17.1 Å². The monoisotopic (exact) mass is 475 g/mol. The van der Waals surface area contributed by atoms with Crippen LogP contribution in [0.3, 0.4) is 0 Å². The average molecular weight is 476 g/mol. The van der Waals surface area contributed by atoms with Gasteiger partial charge in [-0.2, -0.15) is 5.10 Å². The Morgan fingerprint density at radius 3 is 2.44 bits per heavy atom. The summed E-state index contributed by atoms with van der Waals surface area (Å²) in [6.07, 6.45) is 2.42. The molecule has 2 aliphatic heterocycles. The molecule has 0 atom stereocenters. The van der Waals surface area contributed by atoms with Crippen LogP contribution in [0.1, 0.15) is 25.7 Å². The summed E-state index contributed by atoms with van der Waals surface area (Å²) < 4.78 is 28.4. The van der Waals surface area contributed by atoms with Crippen molar-refractivity contribution in [3.05, 3.63) is 47.5 Å². The maximum Gasteiger partial charge on any atom is 0.271 e. The highest BCUT2D eigenvalue weighted by Gasteiger charge is 2.24. The first-order valence-corrected chi connectivity index (χ1v) is 12.0. The topological polar surface area (TPSA) is 120 Å². The van der Waals surface area contributed by atoms with Gasteiger partial charge in [-0.1, -0.05) is 11.6 Å². The number of carbonyl (C=O) groups is 2. The Morgan fingerprint density at radius 1 is 1.06 bits per heavy atom. The Morgan fingerprint density at radius 2 is 1.78 bits per heavy atom. The van der Waals surface area contributed by atoms with Gasteiger partial charge in [-0.05, 0) is 55.3 Å². The molecule has 3 N–H and O–H groups in total. The summed E-state index contributed by atoms with van der Waals surface area (Å²) in [5, 5.41) is 7.10. The molecular formula is C21H22ClN5O4S. The van der Waals surface area contributed by atoms with Crippen LogP contribution in [0.15, 0.2) is 52.5 Å². The van der Waals surface area contributed by atoms with E-state index in [9.17, 15) is 18.0 Å². The minimum atomic E-state index is -3.91. The van der Waals surface area contributed by atoms with Gasteiger partial charge in [0.1, 0.15) is 5.71 Å². The summed E-state index contributed by atoms with van der Waals surface area (Å²) >= 11 is 5.87. The summed E-state index contributed by atoms with van der Waals surface area (Å²) in [6.45, 7) is 1.63. The number of benzene rings is 2. The van der Waals surface area contributed by atoms with E-state index in [0.29, 0.717) is 16.4 Å². The Labute approximate surface area is 190 Å². The molecule has 0 radical (unpaired) electrons. The molecule has 4 rings (SSSR count). The highest BCUT2D eigenvalue weighted by atomic mass is 35.5. The number of nitrogens with one attached hydrogen (secondary N) is 3. The first-order valence-electron chi connectivity index (χ1n) is 10.2. The van der Waals surface area contributed by atoms with Crippen molar-refractivity contribution in [1.82, 2.24) is 5.43 Å². The van der Waals surface area contributed by atoms with Crippen LogP contribution in [0.25, 0.3) is 0 Å². The van der Waals surface area contributed by atoms with E-state index in [4.69, 9.17) is 11.6 Å². The van der Waals surface area contributed by atoms with E-state index in [0.717, 1.165) is 31.6 Å². The molecule has 2 heterocycles. The van der Waals surface area contributed by atoms with Crippen molar-refractivity contribution in [3.8, 4) is 0 Å². The molecule has 0 spiro atoms. The second-order valence-electron chi connectivity index (χ2n) is 7.53. The molecule has 0 saturated carbocycles. The van der Waals surface area contributed by atoms with Crippen LogP contribution < -0.4 is 20.4 Å². The van der Waals surface area contributed by atoms with E-state index in [1.807, 2.05) is 0 Å². The van der Waals surface area contributed by atoms with Gasteiger partial charge in [0, 0.05) is 36.6 Å². The van der Waals surface area contributed by atoms with E-state index >= 15 is 0 Å².